The summed E-state index contributed by atoms with van der Waals surface area (Å²) in [5, 5.41) is 11.0. The summed E-state index contributed by atoms with van der Waals surface area (Å²) in [4.78, 5) is 4.36. The van der Waals surface area contributed by atoms with Gasteiger partial charge in [0.25, 0.3) is 0 Å². The van der Waals surface area contributed by atoms with Gasteiger partial charge in [0.15, 0.2) is 0 Å². The fourth-order valence-electron chi connectivity index (χ4n) is 0.338. The van der Waals surface area contributed by atoms with E-state index in [1.54, 1.807) is 6.92 Å². The Kier molecular flexibility index (Phi) is 3.07. The van der Waals surface area contributed by atoms with Crippen LogP contribution >= 0.6 is 0 Å². The van der Waals surface area contributed by atoms with Crippen LogP contribution in [0.4, 0.5) is 0 Å². The molecule has 0 aliphatic rings. The topological polar surface area (TPSA) is 61.5 Å². The van der Waals surface area contributed by atoms with E-state index in [2.05, 4.69) is 4.84 Å². The summed E-state index contributed by atoms with van der Waals surface area (Å²) in [6.45, 7) is 3.44. The van der Waals surface area contributed by atoms with Gasteiger partial charge >= 0.3 is 0 Å². The smallest absolute Gasteiger partial charge is 0.0766 e. The second kappa shape index (κ2) is 3.12. The first-order chi connectivity index (χ1) is 4.04. The Balaban J connectivity index is 3.80. The highest BCUT2D eigenvalue weighted by atomic mass is 16.9. The van der Waals surface area contributed by atoms with E-state index < -0.39 is 5.66 Å². The summed E-state index contributed by atoms with van der Waals surface area (Å²) in [7, 11) is 1.30. The molecule has 2 N–H and O–H groups in total. The first kappa shape index (κ1) is 8.84. The molecule has 1 unspecified atom stereocenters. The monoisotopic (exact) mass is 133 g/mol. The van der Waals surface area contributed by atoms with Crippen LogP contribution in [0.25, 0.3) is 0 Å². The van der Waals surface area contributed by atoms with Crippen LogP contribution in [0, 0.1) is 5.21 Å². The van der Waals surface area contributed by atoms with Gasteiger partial charge in [0.2, 0.25) is 0 Å². The van der Waals surface area contributed by atoms with Crippen LogP contribution in [-0.4, -0.2) is 18.0 Å². The van der Waals surface area contributed by atoms with E-state index in [0.29, 0.717) is 11.6 Å². The van der Waals surface area contributed by atoms with Crippen molar-refractivity contribution in [3.05, 3.63) is 5.21 Å². The minimum Gasteiger partial charge on any atom is -0.761 e. The van der Waals surface area contributed by atoms with Crippen molar-refractivity contribution in [1.82, 2.24) is 5.23 Å². The molecule has 0 bridgehead atoms. The quantitative estimate of drug-likeness (QED) is 0.448. The van der Waals surface area contributed by atoms with E-state index >= 15 is 0 Å². The third-order valence-corrected chi connectivity index (χ3v) is 1.30. The molecule has 0 aliphatic carbocycles. The molecule has 0 spiro atoms. The maximum absolute atomic E-state index is 10.6. The molecule has 1 atom stereocenters. The predicted molar refractivity (Wildman–Crippen MR) is 35.1 cm³/mol. The molecule has 0 heterocycles. The average Bonchev–Trinajstić information content (AvgIpc) is 1.86. The van der Waals surface area contributed by atoms with Gasteiger partial charge in [-0.05, 0) is 13.3 Å². The lowest BCUT2D eigenvalue weighted by molar-refractivity contribution is -0.157. The van der Waals surface area contributed by atoms with Crippen molar-refractivity contribution in [3.8, 4) is 0 Å². The van der Waals surface area contributed by atoms with E-state index in [1.165, 1.54) is 7.11 Å². The second-order valence-electron chi connectivity index (χ2n) is 2.15. The molecule has 0 rings (SSSR count). The molecule has 0 aromatic heterocycles. The molecule has 0 aliphatic heterocycles. The molecular formula is C5H13N2O2-. The fraction of sp³-hybridized carbons (Fsp3) is 1.00. The minimum absolute atomic E-state index is 0.396. The van der Waals surface area contributed by atoms with Crippen molar-refractivity contribution in [2.75, 3.05) is 7.11 Å². The molecule has 4 heteroatoms. The first-order valence-corrected chi connectivity index (χ1v) is 2.85. The maximum atomic E-state index is 10.6. The lowest BCUT2D eigenvalue weighted by Crippen LogP contribution is -2.49. The molecule has 0 saturated carbocycles. The number of nitrogens with two attached hydrogens (primary N) is 1. The van der Waals surface area contributed by atoms with Crippen molar-refractivity contribution in [2.45, 2.75) is 25.9 Å². The molecule has 0 amide bonds. The standard InChI is InChI=1S/C5H13N2O2/c1-4-5(2,6)7(8)9-3/h4,6H2,1-3H3/q-1. The Hall–Kier alpha value is -0.160. The van der Waals surface area contributed by atoms with Crippen LogP contribution in [0.5, 0.6) is 0 Å². The minimum atomic E-state index is -0.894. The van der Waals surface area contributed by atoms with Gasteiger partial charge in [-0.2, -0.15) is 0 Å². The normalized spacial score (nSPS) is 18.0. The van der Waals surface area contributed by atoms with E-state index in [-0.39, 0.29) is 0 Å². The summed E-state index contributed by atoms with van der Waals surface area (Å²) >= 11 is 0. The van der Waals surface area contributed by atoms with Gasteiger partial charge in [-0.15, -0.1) is 0 Å². The van der Waals surface area contributed by atoms with Crippen LogP contribution in [-0.2, 0) is 4.84 Å². The Morgan fingerprint density at radius 2 is 2.22 bits per heavy atom. The van der Waals surface area contributed by atoms with E-state index in [9.17, 15) is 5.21 Å². The molecule has 0 aromatic rings. The van der Waals surface area contributed by atoms with Crippen molar-refractivity contribution in [1.29, 1.82) is 0 Å². The number of hydroxylamine groups is 2. The van der Waals surface area contributed by atoms with Gasteiger partial charge < -0.3 is 15.8 Å². The number of hydrogen-bond acceptors (Lipinski definition) is 4. The molecule has 4 nitrogen and oxygen atoms in total. The number of rotatable bonds is 3. The van der Waals surface area contributed by atoms with E-state index in [0.717, 1.165) is 0 Å². The third kappa shape index (κ3) is 2.28. The molecule has 9 heavy (non-hydrogen) atoms. The molecule has 0 saturated heterocycles. The zero-order valence-electron chi connectivity index (χ0n) is 6.05. The van der Waals surface area contributed by atoms with Gasteiger partial charge in [-0.1, -0.05) is 6.92 Å². The average molecular weight is 133 g/mol. The van der Waals surface area contributed by atoms with Gasteiger partial charge in [0, 0.05) is 0 Å². The first-order valence-electron chi connectivity index (χ1n) is 2.85. The van der Waals surface area contributed by atoms with Crippen molar-refractivity contribution < 1.29 is 4.84 Å². The molecule has 0 fully saturated rings. The summed E-state index contributed by atoms with van der Waals surface area (Å²) in [6.07, 6.45) is 0.560. The van der Waals surface area contributed by atoms with Crippen LogP contribution in [0.2, 0.25) is 0 Å². The van der Waals surface area contributed by atoms with Gasteiger partial charge in [-0.25, -0.2) is 5.23 Å². The van der Waals surface area contributed by atoms with Gasteiger partial charge in [0.1, 0.15) is 0 Å². The summed E-state index contributed by atoms with van der Waals surface area (Å²) in [5.41, 5.74) is 4.56. The van der Waals surface area contributed by atoms with Crippen LogP contribution in [0.3, 0.4) is 0 Å². The number of hydrogen-bond donors (Lipinski definition) is 1. The van der Waals surface area contributed by atoms with E-state index in [4.69, 9.17) is 5.73 Å². The maximum Gasteiger partial charge on any atom is 0.0766 e. The SMILES string of the molecule is CCC(C)(N)N([O-])OC. The van der Waals surface area contributed by atoms with Crippen molar-refractivity contribution in [2.24, 2.45) is 5.73 Å². The van der Waals surface area contributed by atoms with Gasteiger partial charge in [-0.3, -0.25) is 0 Å². The highest BCUT2D eigenvalue weighted by Gasteiger charge is 2.16. The summed E-state index contributed by atoms with van der Waals surface area (Å²) in [6, 6.07) is 0. The predicted octanol–water partition coefficient (Wildman–Crippen LogP) is 0.433. The molecule has 0 radical (unpaired) electrons. The highest BCUT2D eigenvalue weighted by molar-refractivity contribution is 4.72. The fourth-order valence-corrected chi connectivity index (χ4v) is 0.338. The van der Waals surface area contributed by atoms with Gasteiger partial charge in [0.05, 0.1) is 12.8 Å². The van der Waals surface area contributed by atoms with Crippen LogP contribution < -0.4 is 5.73 Å². The van der Waals surface area contributed by atoms with Crippen molar-refractivity contribution >= 4 is 0 Å². The Bertz CT molecular complexity index is 85.0. The van der Waals surface area contributed by atoms with E-state index in [1.807, 2.05) is 6.92 Å². The molecule has 0 aromatic carbocycles. The zero-order valence-corrected chi connectivity index (χ0v) is 6.05. The van der Waals surface area contributed by atoms with Crippen LogP contribution in [0.15, 0.2) is 0 Å². The number of nitrogens with zero attached hydrogens (tertiary/aromatic N) is 1. The summed E-state index contributed by atoms with van der Waals surface area (Å²) < 4.78 is 0. The largest absolute Gasteiger partial charge is 0.761 e. The van der Waals surface area contributed by atoms with Crippen LogP contribution in [0.1, 0.15) is 20.3 Å². The molecule has 56 valence electrons. The summed E-state index contributed by atoms with van der Waals surface area (Å²) in [5.74, 6) is 0. The second-order valence-corrected chi connectivity index (χ2v) is 2.15. The van der Waals surface area contributed by atoms with Crippen molar-refractivity contribution in [3.63, 3.8) is 0 Å². The Morgan fingerprint density at radius 3 is 2.33 bits per heavy atom. The Morgan fingerprint density at radius 1 is 1.78 bits per heavy atom. The lowest BCUT2D eigenvalue weighted by atomic mass is 10.2. The molecular weight excluding hydrogens is 120 g/mol. The lowest BCUT2D eigenvalue weighted by Gasteiger charge is -2.40. The zero-order chi connectivity index (χ0) is 7.49. The third-order valence-electron chi connectivity index (χ3n) is 1.30. The Labute approximate surface area is 55.1 Å². The highest BCUT2D eigenvalue weighted by Crippen LogP contribution is 2.09.